The molecule has 1 unspecified atom stereocenters. The lowest BCUT2D eigenvalue weighted by atomic mass is 10.2. The number of benzene rings is 1. The van der Waals surface area contributed by atoms with Crippen LogP contribution < -0.4 is 0 Å². The Morgan fingerprint density at radius 1 is 1.32 bits per heavy atom. The predicted molar refractivity (Wildman–Crippen MR) is 72.7 cm³/mol. The SMILES string of the molecule is CCCCC1SCC(=O)N1Cc1cc(F)cc(F)c1. The Morgan fingerprint density at radius 3 is 2.63 bits per heavy atom. The van der Waals surface area contributed by atoms with Crippen molar-refractivity contribution in [2.24, 2.45) is 0 Å². The summed E-state index contributed by atoms with van der Waals surface area (Å²) in [6, 6.07) is 3.42. The van der Waals surface area contributed by atoms with E-state index >= 15 is 0 Å². The Labute approximate surface area is 116 Å². The highest BCUT2D eigenvalue weighted by Crippen LogP contribution is 2.30. The largest absolute Gasteiger partial charge is 0.326 e. The quantitative estimate of drug-likeness (QED) is 0.824. The van der Waals surface area contributed by atoms with Crippen LogP contribution in [0.4, 0.5) is 8.78 Å². The van der Waals surface area contributed by atoms with Crippen molar-refractivity contribution < 1.29 is 13.6 Å². The summed E-state index contributed by atoms with van der Waals surface area (Å²) in [5, 5.41) is 0.138. The van der Waals surface area contributed by atoms with Gasteiger partial charge in [-0.05, 0) is 24.1 Å². The fourth-order valence-electron chi connectivity index (χ4n) is 2.21. The van der Waals surface area contributed by atoms with Gasteiger partial charge < -0.3 is 4.90 Å². The topological polar surface area (TPSA) is 20.3 Å². The van der Waals surface area contributed by atoms with Gasteiger partial charge in [-0.1, -0.05) is 19.8 Å². The minimum atomic E-state index is -0.598. The molecule has 1 saturated heterocycles. The van der Waals surface area contributed by atoms with Crippen molar-refractivity contribution in [2.75, 3.05) is 5.75 Å². The van der Waals surface area contributed by atoms with Crippen LogP contribution in [-0.2, 0) is 11.3 Å². The van der Waals surface area contributed by atoms with Crippen molar-refractivity contribution in [3.63, 3.8) is 0 Å². The van der Waals surface area contributed by atoms with Gasteiger partial charge in [-0.2, -0.15) is 0 Å². The van der Waals surface area contributed by atoms with Crippen molar-refractivity contribution >= 4 is 17.7 Å². The zero-order valence-electron chi connectivity index (χ0n) is 10.9. The van der Waals surface area contributed by atoms with E-state index in [1.54, 1.807) is 16.7 Å². The number of carbonyl (C=O) groups is 1. The third-order valence-electron chi connectivity index (χ3n) is 3.15. The van der Waals surface area contributed by atoms with Gasteiger partial charge in [0.1, 0.15) is 11.6 Å². The van der Waals surface area contributed by atoms with E-state index in [0.29, 0.717) is 11.3 Å². The fraction of sp³-hybridized carbons (Fsp3) is 0.500. The van der Waals surface area contributed by atoms with Crippen LogP contribution >= 0.6 is 11.8 Å². The molecule has 0 bridgehead atoms. The molecule has 19 heavy (non-hydrogen) atoms. The van der Waals surface area contributed by atoms with Crippen molar-refractivity contribution in [1.29, 1.82) is 0 Å². The number of halogens is 2. The molecule has 1 aromatic rings. The molecule has 1 aliphatic rings. The lowest BCUT2D eigenvalue weighted by molar-refractivity contribution is -0.128. The molecule has 0 spiro atoms. The Morgan fingerprint density at radius 2 is 2.00 bits per heavy atom. The smallest absolute Gasteiger partial charge is 0.233 e. The molecule has 1 amide bonds. The number of nitrogens with zero attached hydrogens (tertiary/aromatic N) is 1. The molecule has 2 rings (SSSR count). The lowest BCUT2D eigenvalue weighted by Gasteiger charge is -2.24. The summed E-state index contributed by atoms with van der Waals surface area (Å²) in [6.07, 6.45) is 3.07. The van der Waals surface area contributed by atoms with Crippen LogP contribution in [0.3, 0.4) is 0 Å². The average Bonchev–Trinajstić information content (AvgIpc) is 2.67. The maximum atomic E-state index is 13.2. The molecule has 1 heterocycles. The van der Waals surface area contributed by atoms with Gasteiger partial charge >= 0.3 is 0 Å². The maximum absolute atomic E-state index is 13.2. The van der Waals surface area contributed by atoms with Crippen molar-refractivity contribution in [3.05, 3.63) is 35.4 Å². The molecular formula is C14H17F2NOS. The summed E-state index contributed by atoms with van der Waals surface area (Å²) in [5.41, 5.74) is 0.509. The van der Waals surface area contributed by atoms with Gasteiger partial charge in [0.05, 0.1) is 11.1 Å². The molecule has 1 aromatic carbocycles. The molecule has 0 aliphatic carbocycles. The first kappa shape index (κ1) is 14.3. The zero-order chi connectivity index (χ0) is 13.8. The van der Waals surface area contributed by atoms with Gasteiger partial charge in [-0.3, -0.25) is 4.79 Å². The van der Waals surface area contributed by atoms with E-state index in [0.717, 1.165) is 25.3 Å². The minimum absolute atomic E-state index is 0.0516. The van der Waals surface area contributed by atoms with E-state index in [-0.39, 0.29) is 17.8 Å². The Kier molecular flexibility index (Phi) is 4.80. The first-order chi connectivity index (χ1) is 9.10. The Hall–Kier alpha value is -1.10. The monoisotopic (exact) mass is 285 g/mol. The van der Waals surface area contributed by atoms with Gasteiger partial charge in [-0.15, -0.1) is 11.8 Å². The van der Waals surface area contributed by atoms with Crippen LogP contribution in [0.5, 0.6) is 0 Å². The Bertz CT molecular complexity index is 447. The maximum Gasteiger partial charge on any atom is 0.233 e. The third-order valence-corrected chi connectivity index (χ3v) is 4.44. The number of amides is 1. The number of rotatable bonds is 5. The first-order valence-electron chi connectivity index (χ1n) is 6.46. The average molecular weight is 285 g/mol. The molecule has 2 nitrogen and oxygen atoms in total. The summed E-state index contributed by atoms with van der Waals surface area (Å²) in [4.78, 5) is 13.6. The van der Waals surface area contributed by atoms with Crippen molar-refractivity contribution in [3.8, 4) is 0 Å². The molecule has 0 N–H and O–H groups in total. The highest BCUT2D eigenvalue weighted by atomic mass is 32.2. The normalized spacial score (nSPS) is 19.2. The molecular weight excluding hydrogens is 268 g/mol. The van der Waals surface area contributed by atoms with E-state index in [1.807, 2.05) is 0 Å². The molecule has 5 heteroatoms. The highest BCUT2D eigenvalue weighted by Gasteiger charge is 2.31. The first-order valence-corrected chi connectivity index (χ1v) is 7.51. The van der Waals surface area contributed by atoms with Gasteiger partial charge in [-0.25, -0.2) is 8.78 Å². The van der Waals surface area contributed by atoms with E-state index < -0.39 is 11.6 Å². The fourth-order valence-corrected chi connectivity index (χ4v) is 3.41. The van der Waals surface area contributed by atoms with E-state index in [9.17, 15) is 13.6 Å². The summed E-state index contributed by atoms with van der Waals surface area (Å²) in [7, 11) is 0. The standard InChI is InChI=1S/C14H17F2NOS/c1-2-3-4-14-17(13(18)9-19-14)8-10-5-11(15)7-12(16)6-10/h5-7,14H,2-4,8-9H2,1H3. The van der Waals surface area contributed by atoms with Crippen LogP contribution in [0.1, 0.15) is 31.7 Å². The number of unbranched alkanes of at least 4 members (excludes halogenated alkanes) is 1. The highest BCUT2D eigenvalue weighted by molar-refractivity contribution is 8.00. The van der Waals surface area contributed by atoms with Crippen LogP contribution in [0, 0.1) is 11.6 Å². The molecule has 0 saturated carbocycles. The number of thioether (sulfide) groups is 1. The summed E-state index contributed by atoms with van der Waals surface area (Å²) >= 11 is 1.62. The van der Waals surface area contributed by atoms with Gasteiger partial charge in [0.25, 0.3) is 0 Å². The molecule has 1 aliphatic heterocycles. The van der Waals surface area contributed by atoms with Gasteiger partial charge in [0, 0.05) is 12.6 Å². The molecule has 1 atom stereocenters. The Balaban J connectivity index is 2.08. The minimum Gasteiger partial charge on any atom is -0.326 e. The number of hydrogen-bond acceptors (Lipinski definition) is 2. The third kappa shape index (κ3) is 3.69. The molecule has 1 fully saturated rings. The summed E-state index contributed by atoms with van der Waals surface area (Å²) < 4.78 is 26.3. The van der Waals surface area contributed by atoms with Crippen molar-refractivity contribution in [2.45, 2.75) is 38.1 Å². The second-order valence-electron chi connectivity index (χ2n) is 4.71. The van der Waals surface area contributed by atoms with Gasteiger partial charge in [0.15, 0.2) is 0 Å². The van der Waals surface area contributed by atoms with Crippen LogP contribution in [-0.4, -0.2) is 21.9 Å². The molecule has 0 radical (unpaired) electrons. The second-order valence-corrected chi connectivity index (χ2v) is 5.87. The summed E-state index contributed by atoms with van der Waals surface area (Å²) in [5.74, 6) is -0.679. The summed E-state index contributed by atoms with van der Waals surface area (Å²) in [6.45, 7) is 2.39. The second kappa shape index (κ2) is 6.37. The van der Waals surface area contributed by atoms with E-state index in [4.69, 9.17) is 0 Å². The number of hydrogen-bond donors (Lipinski definition) is 0. The van der Waals surface area contributed by atoms with Gasteiger partial charge in [0.2, 0.25) is 5.91 Å². The molecule has 0 aromatic heterocycles. The van der Waals surface area contributed by atoms with Crippen LogP contribution in [0.15, 0.2) is 18.2 Å². The van der Waals surface area contributed by atoms with Crippen molar-refractivity contribution in [1.82, 2.24) is 4.90 Å². The van der Waals surface area contributed by atoms with E-state index in [1.165, 1.54) is 12.1 Å². The lowest BCUT2D eigenvalue weighted by Crippen LogP contribution is -2.32. The molecule has 104 valence electrons. The predicted octanol–water partition coefficient (Wildman–Crippen LogP) is 3.56. The number of carbonyl (C=O) groups excluding carboxylic acids is 1. The van der Waals surface area contributed by atoms with E-state index in [2.05, 4.69) is 6.92 Å². The zero-order valence-corrected chi connectivity index (χ0v) is 11.7. The van der Waals surface area contributed by atoms with Crippen LogP contribution in [0.2, 0.25) is 0 Å². The van der Waals surface area contributed by atoms with Crippen LogP contribution in [0.25, 0.3) is 0 Å².